The Morgan fingerprint density at radius 3 is 2.71 bits per heavy atom. The average Bonchev–Trinajstić information content (AvgIpc) is 2.48. The van der Waals surface area contributed by atoms with Crippen LogP contribution in [0.15, 0.2) is 39.5 Å². The Labute approximate surface area is 135 Å². The Balaban J connectivity index is 2.54. The molecule has 0 spiro atoms. The molecular weight excluding hydrogens is 324 g/mol. The Hall–Kier alpha value is -2.90. The first-order valence-electron chi connectivity index (χ1n) is 6.94. The first kappa shape index (κ1) is 17.5. The van der Waals surface area contributed by atoms with Crippen molar-refractivity contribution in [2.45, 2.75) is 25.9 Å². The summed E-state index contributed by atoms with van der Waals surface area (Å²) in [6.45, 7) is -1.51. The molecular formula is C16H15F2NO5. The number of amides is 1. The van der Waals surface area contributed by atoms with E-state index in [1.165, 1.54) is 31.2 Å². The van der Waals surface area contributed by atoms with E-state index in [9.17, 15) is 23.5 Å². The van der Waals surface area contributed by atoms with Crippen molar-refractivity contribution >= 4 is 5.91 Å². The molecule has 3 N–H and O–H groups in total. The second-order valence-corrected chi connectivity index (χ2v) is 5.11. The molecule has 1 aromatic carbocycles. The van der Waals surface area contributed by atoms with Crippen LogP contribution in [0.5, 0.6) is 11.5 Å². The van der Waals surface area contributed by atoms with Gasteiger partial charge in [0.25, 0.3) is 0 Å². The maximum absolute atomic E-state index is 12.4. The number of halogens is 2. The minimum absolute atomic E-state index is 0.133. The lowest BCUT2D eigenvalue weighted by Crippen LogP contribution is -2.18. The molecule has 0 aliphatic rings. The van der Waals surface area contributed by atoms with Gasteiger partial charge in [0, 0.05) is 12.5 Å². The van der Waals surface area contributed by atoms with Gasteiger partial charge < -0.3 is 20.0 Å². The van der Waals surface area contributed by atoms with Gasteiger partial charge >= 0.3 is 6.61 Å². The van der Waals surface area contributed by atoms with Gasteiger partial charge in [-0.3, -0.25) is 9.59 Å². The molecule has 0 saturated heterocycles. The molecule has 128 valence electrons. The van der Waals surface area contributed by atoms with Gasteiger partial charge in [-0.1, -0.05) is 12.1 Å². The number of benzene rings is 1. The fourth-order valence-electron chi connectivity index (χ4n) is 2.33. The molecule has 24 heavy (non-hydrogen) atoms. The summed E-state index contributed by atoms with van der Waals surface area (Å²) in [5.41, 5.74) is 4.87. The standard InChI is InChI=1S/C16H15F2NO5/c1-8-5-12(20)14(22)15(23-8)11(7-13(19)21)9-3-2-4-10(6-9)24-16(17)18/h2-6,11,16,22H,7H2,1H3,(H2,19,21)/t11-/m1/s1. The summed E-state index contributed by atoms with van der Waals surface area (Å²) in [6, 6.07) is 6.63. The number of hydrogen-bond acceptors (Lipinski definition) is 5. The second-order valence-electron chi connectivity index (χ2n) is 5.11. The zero-order valence-electron chi connectivity index (χ0n) is 12.7. The SMILES string of the molecule is Cc1cc(=O)c(O)c([C@H](CC(N)=O)c2cccc(OC(F)F)c2)o1. The largest absolute Gasteiger partial charge is 0.502 e. The van der Waals surface area contributed by atoms with Crippen molar-refractivity contribution in [2.24, 2.45) is 5.73 Å². The van der Waals surface area contributed by atoms with Gasteiger partial charge in [0.1, 0.15) is 11.5 Å². The van der Waals surface area contributed by atoms with E-state index in [4.69, 9.17) is 10.2 Å². The number of ether oxygens (including phenoxy) is 1. The predicted molar refractivity (Wildman–Crippen MR) is 80.1 cm³/mol. The zero-order chi connectivity index (χ0) is 17.9. The smallest absolute Gasteiger partial charge is 0.387 e. The molecule has 2 aromatic rings. The summed E-state index contributed by atoms with van der Waals surface area (Å²) in [5.74, 6) is -2.37. The molecule has 0 radical (unpaired) electrons. The van der Waals surface area contributed by atoms with Crippen molar-refractivity contribution < 1.29 is 27.8 Å². The number of rotatable bonds is 6. The van der Waals surface area contributed by atoms with Crippen molar-refractivity contribution in [1.82, 2.24) is 0 Å². The van der Waals surface area contributed by atoms with Crippen LogP contribution in [-0.2, 0) is 4.79 Å². The van der Waals surface area contributed by atoms with E-state index >= 15 is 0 Å². The third-order valence-electron chi connectivity index (χ3n) is 3.28. The first-order valence-corrected chi connectivity index (χ1v) is 6.94. The summed E-state index contributed by atoms with van der Waals surface area (Å²) >= 11 is 0. The summed E-state index contributed by atoms with van der Waals surface area (Å²) in [7, 11) is 0. The fraction of sp³-hybridized carbons (Fsp3) is 0.250. The Kier molecular flexibility index (Phi) is 5.18. The van der Waals surface area contributed by atoms with E-state index < -0.39 is 29.6 Å². The Bertz CT molecular complexity index is 803. The molecule has 0 aliphatic carbocycles. The zero-order valence-corrected chi connectivity index (χ0v) is 12.7. The summed E-state index contributed by atoms with van der Waals surface area (Å²) in [5, 5.41) is 9.97. The van der Waals surface area contributed by atoms with Crippen LogP contribution in [0.2, 0.25) is 0 Å². The molecule has 0 saturated carbocycles. The number of alkyl halides is 2. The third kappa shape index (κ3) is 4.09. The van der Waals surface area contributed by atoms with E-state index in [1.807, 2.05) is 0 Å². The van der Waals surface area contributed by atoms with Crippen LogP contribution in [0.25, 0.3) is 0 Å². The summed E-state index contributed by atoms with van der Waals surface area (Å²) < 4.78 is 34.4. The second kappa shape index (κ2) is 7.12. The van der Waals surface area contributed by atoms with Crippen LogP contribution < -0.4 is 15.9 Å². The number of aromatic hydroxyl groups is 1. The van der Waals surface area contributed by atoms with Gasteiger partial charge in [-0.2, -0.15) is 8.78 Å². The molecule has 1 amide bonds. The lowest BCUT2D eigenvalue weighted by atomic mass is 9.91. The first-order chi connectivity index (χ1) is 11.3. The lowest BCUT2D eigenvalue weighted by molar-refractivity contribution is -0.118. The number of hydrogen-bond donors (Lipinski definition) is 2. The number of aryl methyl sites for hydroxylation is 1. The van der Waals surface area contributed by atoms with Crippen molar-refractivity contribution in [2.75, 3.05) is 0 Å². The monoisotopic (exact) mass is 339 g/mol. The van der Waals surface area contributed by atoms with Crippen LogP contribution in [0.1, 0.15) is 29.4 Å². The normalized spacial score (nSPS) is 12.2. The van der Waals surface area contributed by atoms with E-state index in [0.717, 1.165) is 6.07 Å². The molecule has 1 aromatic heterocycles. The number of carbonyl (C=O) groups excluding carboxylic acids is 1. The maximum Gasteiger partial charge on any atom is 0.387 e. The third-order valence-corrected chi connectivity index (χ3v) is 3.28. The maximum atomic E-state index is 12.4. The van der Waals surface area contributed by atoms with Crippen molar-refractivity contribution in [3.8, 4) is 11.5 Å². The quantitative estimate of drug-likeness (QED) is 0.840. The molecule has 6 nitrogen and oxygen atoms in total. The lowest BCUT2D eigenvalue weighted by Gasteiger charge is -2.17. The van der Waals surface area contributed by atoms with Gasteiger partial charge in [0.05, 0.1) is 5.92 Å². The average molecular weight is 339 g/mol. The van der Waals surface area contributed by atoms with E-state index in [2.05, 4.69) is 4.74 Å². The summed E-state index contributed by atoms with van der Waals surface area (Å²) in [6.07, 6.45) is -0.294. The van der Waals surface area contributed by atoms with Crippen LogP contribution >= 0.6 is 0 Å². The van der Waals surface area contributed by atoms with Gasteiger partial charge in [-0.25, -0.2) is 0 Å². The number of primary amides is 1. The molecule has 1 atom stereocenters. The molecule has 8 heteroatoms. The Morgan fingerprint density at radius 1 is 1.38 bits per heavy atom. The Morgan fingerprint density at radius 2 is 2.08 bits per heavy atom. The van der Waals surface area contributed by atoms with Crippen LogP contribution in [0.4, 0.5) is 8.78 Å². The molecule has 0 unspecified atom stereocenters. The summed E-state index contributed by atoms with van der Waals surface area (Å²) in [4.78, 5) is 23.1. The van der Waals surface area contributed by atoms with Gasteiger partial charge in [-0.15, -0.1) is 0 Å². The fourth-order valence-corrected chi connectivity index (χ4v) is 2.33. The van der Waals surface area contributed by atoms with E-state index in [-0.39, 0.29) is 23.7 Å². The molecule has 0 aliphatic heterocycles. The van der Waals surface area contributed by atoms with Gasteiger partial charge in [-0.05, 0) is 24.6 Å². The van der Waals surface area contributed by atoms with E-state index in [1.54, 1.807) is 0 Å². The van der Waals surface area contributed by atoms with Crippen LogP contribution in [0, 0.1) is 6.92 Å². The highest BCUT2D eigenvalue weighted by Crippen LogP contribution is 2.34. The minimum Gasteiger partial charge on any atom is -0.502 e. The highest BCUT2D eigenvalue weighted by Gasteiger charge is 2.25. The van der Waals surface area contributed by atoms with Crippen molar-refractivity contribution in [3.63, 3.8) is 0 Å². The van der Waals surface area contributed by atoms with Gasteiger partial charge in [0.15, 0.2) is 5.76 Å². The van der Waals surface area contributed by atoms with Crippen molar-refractivity contribution in [1.29, 1.82) is 0 Å². The van der Waals surface area contributed by atoms with Crippen LogP contribution in [0.3, 0.4) is 0 Å². The number of nitrogens with two attached hydrogens (primary N) is 1. The highest BCUT2D eigenvalue weighted by molar-refractivity contribution is 5.75. The minimum atomic E-state index is -3.01. The molecule has 0 fully saturated rings. The molecule has 2 rings (SSSR count). The highest BCUT2D eigenvalue weighted by atomic mass is 19.3. The van der Waals surface area contributed by atoms with Gasteiger partial charge in [0.2, 0.25) is 17.1 Å². The molecule has 0 bridgehead atoms. The topological polar surface area (TPSA) is 103 Å². The number of carbonyl (C=O) groups is 1. The predicted octanol–water partition coefficient (Wildman–Crippen LogP) is 2.26. The van der Waals surface area contributed by atoms with Crippen molar-refractivity contribution in [3.05, 3.63) is 57.6 Å². The van der Waals surface area contributed by atoms with E-state index in [0.29, 0.717) is 5.56 Å². The van der Waals surface area contributed by atoms with Crippen LogP contribution in [-0.4, -0.2) is 17.6 Å². The molecule has 1 heterocycles.